The SMILES string of the molecule is C[C@@H]1CCC2=CC[C@H]3[C@H](CO)C[C@@H](O)[C@](C)(O)[C@H]4[C@@H](CC#C[C@@H]([C@H]5COC(=O)[C@H]5c5cc[nH]c5)C[C@H]3[C@H]2C1)C[C@@]1(O)C2=C3NCC(=O)C[C@H](c5ccc(O)cc5)CSSC[C@@H]5[C@@H](O)[C@@H](O)C[C@](C)([C@H]2[C@@H]2CC[C@@H](CN=C(N)N)[C@@]41C2)[C@@H]5C3=O. The normalized spacial score (nSPS) is 45.3. The molecule has 83 heavy (non-hydrogen) atoms. The largest absolute Gasteiger partial charge is 0.508 e. The van der Waals surface area contributed by atoms with Gasteiger partial charge in [-0.2, -0.15) is 0 Å². The van der Waals surface area contributed by atoms with E-state index in [2.05, 4.69) is 47.1 Å². The summed E-state index contributed by atoms with van der Waals surface area (Å²) in [6, 6.07) is 8.77. The summed E-state index contributed by atoms with van der Waals surface area (Å²) in [5.41, 5.74) is 9.97. The molecule has 5 saturated carbocycles. The number of hydrogen-bond donors (Lipinski definition) is 11. The fourth-order valence-electron chi connectivity index (χ4n) is 20.1. The van der Waals surface area contributed by atoms with Gasteiger partial charge in [0.15, 0.2) is 17.5 Å². The second-order valence-corrected chi connectivity index (χ2v) is 30.4. The molecule has 7 fully saturated rings. The molecular formula is C65H87N5O11S2. The molecule has 23 atom stereocenters. The minimum atomic E-state index is -1.93. The van der Waals surface area contributed by atoms with E-state index in [0.29, 0.717) is 55.1 Å². The molecule has 4 bridgehead atoms. The monoisotopic (exact) mass is 1180 g/mol. The number of benzene rings is 1. The van der Waals surface area contributed by atoms with Gasteiger partial charge in [-0.3, -0.25) is 19.4 Å². The van der Waals surface area contributed by atoms with Crippen molar-refractivity contribution < 1.29 is 54.9 Å². The first-order valence-corrected chi connectivity index (χ1v) is 33.4. The molecule has 3 heterocycles. The van der Waals surface area contributed by atoms with Gasteiger partial charge in [0.25, 0.3) is 0 Å². The van der Waals surface area contributed by atoms with Gasteiger partial charge in [-0.15, -0.1) is 5.92 Å². The molecule has 16 nitrogen and oxygen atoms in total. The lowest BCUT2D eigenvalue weighted by atomic mass is 9.37. The van der Waals surface area contributed by atoms with Gasteiger partial charge in [-0.25, -0.2) is 0 Å². The Morgan fingerprint density at radius 3 is 2.42 bits per heavy atom. The topological polar surface area (TPSA) is 294 Å². The number of fused-ring (bicyclic) bond motifs is 10. The van der Waals surface area contributed by atoms with Crippen LogP contribution in [-0.2, 0) is 19.1 Å². The molecule has 2 aliphatic heterocycles. The molecule has 1 spiro atoms. The maximum atomic E-state index is 16.2. The van der Waals surface area contributed by atoms with Gasteiger partial charge in [0.05, 0.1) is 54.3 Å². The van der Waals surface area contributed by atoms with Crippen LogP contribution in [0.25, 0.3) is 0 Å². The number of H-pyrrole nitrogens is 1. The first kappa shape index (κ1) is 59.0. The quantitative estimate of drug-likeness (QED) is 0.0389. The number of carbonyl (C=O) groups is 3. The summed E-state index contributed by atoms with van der Waals surface area (Å²) in [7, 11) is 3.08. The number of phenolic OH excluding ortho intramolecular Hbond substituents is 1. The van der Waals surface area contributed by atoms with Crippen molar-refractivity contribution in [3.8, 4) is 17.6 Å². The molecule has 2 saturated heterocycles. The molecule has 2 aromatic rings. The van der Waals surface area contributed by atoms with Gasteiger partial charge in [0.2, 0.25) is 0 Å². The van der Waals surface area contributed by atoms with Crippen LogP contribution in [0, 0.1) is 106 Å². The van der Waals surface area contributed by atoms with E-state index >= 15 is 4.79 Å². The number of guanidine groups is 1. The number of Topliss-reactive ketones (excluding diaryl/α,β-unsaturated/α-hetero) is 2. The van der Waals surface area contributed by atoms with Crippen LogP contribution in [-0.4, -0.2) is 132 Å². The van der Waals surface area contributed by atoms with E-state index in [1.165, 1.54) is 16.4 Å². The molecule has 1 aromatic heterocycles. The fourth-order valence-corrected chi connectivity index (χ4v) is 22.9. The molecule has 450 valence electrons. The van der Waals surface area contributed by atoms with Gasteiger partial charge in [0.1, 0.15) is 5.75 Å². The number of aromatic hydroxyl groups is 1. The Bertz CT molecular complexity index is 2960. The van der Waals surface area contributed by atoms with Crippen LogP contribution in [0.15, 0.2) is 70.6 Å². The van der Waals surface area contributed by atoms with E-state index in [9.17, 15) is 45.3 Å². The minimum absolute atomic E-state index is 0.0207. The molecule has 0 radical (unpaired) electrons. The predicted molar refractivity (Wildman–Crippen MR) is 318 cm³/mol. The number of aliphatic hydroxyl groups excluding tert-OH is 4. The molecule has 10 aliphatic rings. The van der Waals surface area contributed by atoms with Crippen molar-refractivity contribution in [3.05, 3.63) is 76.8 Å². The first-order valence-electron chi connectivity index (χ1n) is 30.9. The first-order chi connectivity index (χ1) is 39.7. The average Bonchev–Trinajstić information content (AvgIpc) is 1.67. The number of nitrogens with zero attached hydrogens (tertiary/aromatic N) is 1. The van der Waals surface area contributed by atoms with Gasteiger partial charge >= 0.3 is 5.97 Å². The summed E-state index contributed by atoms with van der Waals surface area (Å²) < 4.78 is 5.96. The van der Waals surface area contributed by atoms with Crippen molar-refractivity contribution in [2.45, 2.75) is 146 Å². The van der Waals surface area contributed by atoms with E-state index in [-0.39, 0.29) is 135 Å². The van der Waals surface area contributed by atoms with E-state index in [1.807, 2.05) is 30.6 Å². The van der Waals surface area contributed by atoms with Gasteiger partial charge < -0.3 is 62.3 Å². The number of phenols is 1. The molecule has 18 heteroatoms. The van der Waals surface area contributed by atoms with Crippen molar-refractivity contribution in [2.75, 3.05) is 37.8 Å². The maximum absolute atomic E-state index is 16.2. The van der Waals surface area contributed by atoms with Gasteiger partial charge in [0, 0.05) is 90.8 Å². The summed E-state index contributed by atoms with van der Waals surface area (Å²) >= 11 is 0. The van der Waals surface area contributed by atoms with Crippen LogP contribution in [0.1, 0.15) is 127 Å². The number of nitrogens with two attached hydrogens (primary N) is 2. The number of ketones is 2. The van der Waals surface area contributed by atoms with E-state index < -0.39 is 87.7 Å². The third kappa shape index (κ3) is 9.93. The Hall–Kier alpha value is -4.32. The fraction of sp³-hybridized carbons (Fsp3) is 0.692. The lowest BCUT2D eigenvalue weighted by Gasteiger charge is -2.68. The van der Waals surface area contributed by atoms with Crippen LogP contribution in [0.4, 0.5) is 0 Å². The van der Waals surface area contributed by atoms with Gasteiger partial charge in [-0.1, -0.05) is 65.1 Å². The zero-order chi connectivity index (χ0) is 58.5. The highest BCUT2D eigenvalue weighted by Crippen LogP contribution is 2.77. The Morgan fingerprint density at radius 2 is 1.67 bits per heavy atom. The zero-order valence-corrected chi connectivity index (χ0v) is 49.8. The third-order valence-electron chi connectivity index (χ3n) is 23.6. The number of cyclic esters (lactones) is 1. The number of aliphatic imine (C=N–C) groups is 1. The molecular weight excluding hydrogens is 1090 g/mol. The highest BCUT2D eigenvalue weighted by atomic mass is 33.1. The zero-order valence-electron chi connectivity index (χ0n) is 48.2. The van der Waals surface area contributed by atoms with Gasteiger partial charge in [-0.05, 0) is 171 Å². The Morgan fingerprint density at radius 1 is 0.892 bits per heavy atom. The number of hydrogen-bond acceptors (Lipinski definition) is 15. The number of rotatable bonds is 6. The van der Waals surface area contributed by atoms with Crippen LogP contribution < -0.4 is 16.8 Å². The number of aromatic nitrogens is 1. The summed E-state index contributed by atoms with van der Waals surface area (Å²) in [5.74, 6) is 2.14. The molecule has 8 aliphatic carbocycles. The highest BCUT2D eigenvalue weighted by molar-refractivity contribution is 8.76. The number of aromatic amines is 1. The summed E-state index contributed by atoms with van der Waals surface area (Å²) in [4.78, 5) is 52.5. The summed E-state index contributed by atoms with van der Waals surface area (Å²) in [6.07, 6.45) is 8.66. The summed E-state index contributed by atoms with van der Waals surface area (Å²) in [5, 5.41) is 91.7. The van der Waals surface area contributed by atoms with E-state index in [0.717, 1.165) is 30.4 Å². The number of carbonyl (C=O) groups excluding carboxylic acids is 3. The maximum Gasteiger partial charge on any atom is 0.313 e. The molecule has 0 amide bonds. The Kier molecular flexibility index (Phi) is 16.2. The molecule has 1 aromatic carbocycles. The Labute approximate surface area is 495 Å². The second kappa shape index (κ2) is 22.8. The number of ether oxygens (including phenoxy) is 1. The van der Waals surface area contributed by atoms with Crippen molar-refractivity contribution in [1.29, 1.82) is 0 Å². The summed E-state index contributed by atoms with van der Waals surface area (Å²) in [6.45, 7) is 5.86. The standard InChI is InChI=1S/C65H87N5O11S2/c1-33-7-8-35-12-16-45-40(29-71)22-51(75)63(3,79)59-38(6-4-5-36(21-47(45)46(35)19-33)48-30-81-60(78)52(48)39-17-18-68-26-39)24-65(80)55-53(37-9-13-42(27-70-61(66)67)64(59,65)23-37)62(2)25-50(74)57(76)49-32-83-82-31-41(34-10-14-43(72)15-11-34)20-44(73)28-69-56(55)58(77)54(49)62/h10-12,14-15,17-18,26,33,36-38,40-42,45-54,57,59,68-69,71-72,74-76,79-80H,6-9,13,16,19-25,27-32H2,1-3H3,(H4,66,67,70)/t33-,36-,37-,38+,40+,41+,42+,45+,46+,47-,48-,49+,50+,51-,52+,53+,54+,57-,59-,62-,63+,64+,65-/m1/s1. The average molecular weight is 1180 g/mol. The second-order valence-electron chi connectivity index (χ2n) is 27.9. The molecule has 13 N–H and O–H groups in total. The van der Waals surface area contributed by atoms with Crippen molar-refractivity contribution in [1.82, 2.24) is 10.3 Å². The number of nitrogens with one attached hydrogen (secondary N) is 2. The van der Waals surface area contributed by atoms with E-state index in [1.54, 1.807) is 29.9 Å². The number of allylic oxidation sites excluding steroid dienone is 3. The molecule has 0 unspecified atom stereocenters. The highest BCUT2D eigenvalue weighted by Gasteiger charge is 2.79. The van der Waals surface area contributed by atoms with Crippen LogP contribution in [0.3, 0.4) is 0 Å². The predicted octanol–water partition coefficient (Wildman–Crippen LogP) is 6.10. The molecule has 12 rings (SSSR count). The smallest absolute Gasteiger partial charge is 0.313 e. The van der Waals surface area contributed by atoms with Crippen LogP contribution >= 0.6 is 21.6 Å². The minimum Gasteiger partial charge on any atom is -0.508 e. The number of esters is 1. The van der Waals surface area contributed by atoms with Crippen molar-refractivity contribution >= 4 is 45.1 Å². The third-order valence-corrected chi connectivity index (χ3v) is 26.1. The van der Waals surface area contributed by atoms with Crippen LogP contribution in [0.5, 0.6) is 5.75 Å². The lowest BCUT2D eigenvalue weighted by molar-refractivity contribution is -0.230. The number of aliphatic hydroxyl groups is 6. The van der Waals surface area contributed by atoms with E-state index in [4.69, 9.17) is 16.2 Å². The lowest BCUT2D eigenvalue weighted by Crippen LogP contribution is -2.71. The van der Waals surface area contributed by atoms with Crippen molar-refractivity contribution in [3.63, 3.8) is 0 Å². The van der Waals surface area contributed by atoms with Crippen LogP contribution in [0.2, 0.25) is 0 Å². The van der Waals surface area contributed by atoms with Crippen molar-refractivity contribution in [2.24, 2.45) is 110 Å². The Balaban J connectivity index is 1.03.